The first-order valence-corrected chi connectivity index (χ1v) is 8.87. The molecule has 1 aliphatic rings. The molecule has 2 aromatic carbocycles. The van der Waals surface area contributed by atoms with Crippen LogP contribution in [0.15, 0.2) is 79.0 Å². The van der Waals surface area contributed by atoms with E-state index in [4.69, 9.17) is 0 Å². The minimum absolute atomic E-state index is 0.109. The van der Waals surface area contributed by atoms with E-state index >= 15 is 0 Å². The minimum Gasteiger partial charge on any atom is -0.322 e. The van der Waals surface area contributed by atoms with Crippen LogP contribution in [0, 0.1) is 0 Å². The first-order valence-electron chi connectivity index (χ1n) is 8.87. The van der Waals surface area contributed by atoms with Gasteiger partial charge in [-0.15, -0.1) is 0 Å². The van der Waals surface area contributed by atoms with Crippen molar-refractivity contribution in [1.82, 2.24) is 9.88 Å². The molecule has 5 heteroatoms. The molecule has 3 aromatic rings. The van der Waals surface area contributed by atoms with Crippen LogP contribution in [-0.2, 0) is 17.8 Å². The third kappa shape index (κ3) is 3.58. The lowest BCUT2D eigenvalue weighted by atomic mass is 10.0. The lowest BCUT2D eigenvalue weighted by molar-refractivity contribution is -0.120. The first-order chi connectivity index (χ1) is 13.2. The Hall–Kier alpha value is -3.47. The zero-order chi connectivity index (χ0) is 18.6. The van der Waals surface area contributed by atoms with Gasteiger partial charge in [-0.1, -0.05) is 54.6 Å². The van der Waals surface area contributed by atoms with Crippen molar-refractivity contribution in [3.63, 3.8) is 0 Å². The highest BCUT2D eigenvalue weighted by molar-refractivity contribution is 6.03. The van der Waals surface area contributed by atoms with Crippen LogP contribution in [0.25, 0.3) is 0 Å². The molecule has 0 radical (unpaired) electrons. The molecule has 27 heavy (non-hydrogen) atoms. The molecule has 1 N–H and O–H groups in total. The number of nitrogens with one attached hydrogen (secondary N) is 1. The van der Waals surface area contributed by atoms with Crippen LogP contribution in [0.4, 0.5) is 5.82 Å². The molecule has 0 spiro atoms. The fourth-order valence-electron chi connectivity index (χ4n) is 3.36. The van der Waals surface area contributed by atoms with E-state index in [2.05, 4.69) is 10.3 Å². The normalized spacial score (nSPS) is 13.9. The van der Waals surface area contributed by atoms with Crippen molar-refractivity contribution in [2.45, 2.75) is 19.0 Å². The maximum Gasteiger partial charge on any atom is 0.255 e. The second kappa shape index (κ2) is 7.41. The molecule has 0 saturated heterocycles. The summed E-state index contributed by atoms with van der Waals surface area (Å²) in [5.74, 6) is 0.131. The molecular formula is C22H19N3O2. The number of pyridine rings is 1. The summed E-state index contributed by atoms with van der Waals surface area (Å²) in [4.78, 5) is 31.8. The zero-order valence-electron chi connectivity index (χ0n) is 14.7. The van der Waals surface area contributed by atoms with E-state index in [9.17, 15) is 9.59 Å². The highest BCUT2D eigenvalue weighted by Gasteiger charge is 2.36. The van der Waals surface area contributed by atoms with Crippen LogP contribution in [-0.4, -0.2) is 27.7 Å². The summed E-state index contributed by atoms with van der Waals surface area (Å²) in [5.41, 5.74) is 2.62. The summed E-state index contributed by atoms with van der Waals surface area (Å²) in [6, 6.07) is 22.0. The maximum atomic E-state index is 13.1. The molecule has 1 atom stereocenters. The summed E-state index contributed by atoms with van der Waals surface area (Å²) in [6.45, 7) is 0.433. The Morgan fingerprint density at radius 3 is 2.48 bits per heavy atom. The summed E-state index contributed by atoms with van der Waals surface area (Å²) < 4.78 is 0. The highest BCUT2D eigenvalue weighted by atomic mass is 16.2. The molecule has 2 heterocycles. The highest BCUT2D eigenvalue weighted by Crippen LogP contribution is 2.26. The molecule has 0 aliphatic carbocycles. The molecule has 0 fully saturated rings. The van der Waals surface area contributed by atoms with Crippen LogP contribution < -0.4 is 5.32 Å². The molecule has 1 aromatic heterocycles. The predicted molar refractivity (Wildman–Crippen MR) is 103 cm³/mol. The van der Waals surface area contributed by atoms with Gasteiger partial charge < -0.3 is 10.2 Å². The van der Waals surface area contributed by atoms with Gasteiger partial charge in [0.2, 0.25) is 5.91 Å². The number of hydrogen-bond acceptors (Lipinski definition) is 3. The molecule has 1 aliphatic heterocycles. The minimum atomic E-state index is -0.616. The van der Waals surface area contributed by atoms with Gasteiger partial charge in [-0.25, -0.2) is 4.98 Å². The van der Waals surface area contributed by atoms with E-state index in [0.29, 0.717) is 24.3 Å². The third-order valence-electron chi connectivity index (χ3n) is 4.72. The van der Waals surface area contributed by atoms with E-state index < -0.39 is 6.04 Å². The van der Waals surface area contributed by atoms with Gasteiger partial charge in [0.25, 0.3) is 5.91 Å². The monoisotopic (exact) mass is 357 g/mol. The number of aromatic nitrogens is 1. The molecule has 0 saturated carbocycles. The lowest BCUT2D eigenvalue weighted by Gasteiger charge is -2.27. The smallest absolute Gasteiger partial charge is 0.255 e. The van der Waals surface area contributed by atoms with Gasteiger partial charge in [-0.3, -0.25) is 9.59 Å². The maximum absolute atomic E-state index is 13.1. The lowest BCUT2D eigenvalue weighted by Crippen LogP contribution is -2.45. The zero-order valence-corrected chi connectivity index (χ0v) is 14.7. The molecule has 0 unspecified atom stereocenters. The number of carbonyl (C=O) groups excluding carboxylic acids is 2. The number of fused-ring (bicyclic) bond motifs is 1. The summed E-state index contributed by atoms with van der Waals surface area (Å²) in [6.07, 6.45) is 2.07. The quantitative estimate of drug-likeness (QED) is 0.762. The third-order valence-corrected chi connectivity index (χ3v) is 4.72. The van der Waals surface area contributed by atoms with Crippen molar-refractivity contribution in [2.24, 2.45) is 0 Å². The van der Waals surface area contributed by atoms with Crippen molar-refractivity contribution < 1.29 is 9.59 Å². The Morgan fingerprint density at radius 1 is 1.00 bits per heavy atom. The fraction of sp³-hybridized carbons (Fsp3) is 0.136. The van der Waals surface area contributed by atoms with Gasteiger partial charge in [-0.05, 0) is 29.3 Å². The number of carbonyl (C=O) groups is 2. The molecule has 2 amide bonds. The van der Waals surface area contributed by atoms with E-state index in [-0.39, 0.29) is 11.8 Å². The van der Waals surface area contributed by atoms with Crippen LogP contribution in [0.1, 0.15) is 21.5 Å². The van der Waals surface area contributed by atoms with E-state index in [1.54, 1.807) is 23.2 Å². The van der Waals surface area contributed by atoms with Gasteiger partial charge in [0.05, 0.1) is 0 Å². The Labute approximate surface area is 157 Å². The molecular weight excluding hydrogens is 338 g/mol. The first kappa shape index (κ1) is 17.0. The average Bonchev–Trinajstić information content (AvgIpc) is 3.04. The van der Waals surface area contributed by atoms with Crippen LogP contribution in [0.3, 0.4) is 0 Å². The molecule has 4 rings (SSSR count). The predicted octanol–water partition coefficient (Wildman–Crippen LogP) is 3.29. The van der Waals surface area contributed by atoms with Crippen LogP contribution in [0.2, 0.25) is 0 Å². The van der Waals surface area contributed by atoms with Gasteiger partial charge in [0.1, 0.15) is 11.9 Å². The van der Waals surface area contributed by atoms with Gasteiger partial charge in [0.15, 0.2) is 0 Å². The van der Waals surface area contributed by atoms with E-state index in [0.717, 1.165) is 11.1 Å². The number of rotatable bonds is 5. The fourth-order valence-corrected chi connectivity index (χ4v) is 3.36. The molecule has 0 bridgehead atoms. The van der Waals surface area contributed by atoms with Crippen molar-refractivity contribution in [3.05, 3.63) is 95.7 Å². The van der Waals surface area contributed by atoms with Crippen LogP contribution in [0.5, 0.6) is 0 Å². The van der Waals surface area contributed by atoms with Crippen LogP contribution >= 0.6 is 0 Å². The Balaban J connectivity index is 1.62. The van der Waals surface area contributed by atoms with Gasteiger partial charge in [0, 0.05) is 24.7 Å². The number of benzene rings is 2. The summed E-state index contributed by atoms with van der Waals surface area (Å²) in [5, 5.41) is 2.84. The number of amides is 2. The topological polar surface area (TPSA) is 62.3 Å². The van der Waals surface area contributed by atoms with Crippen molar-refractivity contribution in [2.75, 3.05) is 5.32 Å². The number of hydrogen-bond donors (Lipinski definition) is 1. The van der Waals surface area contributed by atoms with Crippen molar-refractivity contribution in [3.8, 4) is 0 Å². The van der Waals surface area contributed by atoms with Gasteiger partial charge in [-0.2, -0.15) is 0 Å². The Kier molecular flexibility index (Phi) is 4.66. The Bertz CT molecular complexity index is 958. The molecule has 134 valence electrons. The second-order valence-electron chi connectivity index (χ2n) is 6.50. The molecule has 5 nitrogen and oxygen atoms in total. The standard InChI is InChI=1S/C22H19N3O2/c26-21(24-20-12-6-7-13-23-20)19(14-16-8-2-1-3-9-16)25-15-17-10-4-5-11-18(17)22(25)27/h1-13,19H,14-15H2,(H,23,24,26)/t19-/m0/s1. The van der Waals surface area contributed by atoms with E-state index in [1.165, 1.54) is 0 Å². The van der Waals surface area contributed by atoms with Crippen molar-refractivity contribution >= 4 is 17.6 Å². The average molecular weight is 357 g/mol. The van der Waals surface area contributed by atoms with Crippen molar-refractivity contribution in [1.29, 1.82) is 0 Å². The van der Waals surface area contributed by atoms with E-state index in [1.807, 2.05) is 60.7 Å². The summed E-state index contributed by atoms with van der Waals surface area (Å²) >= 11 is 0. The number of nitrogens with zero attached hydrogens (tertiary/aromatic N) is 2. The Morgan fingerprint density at radius 2 is 1.74 bits per heavy atom. The summed E-state index contributed by atoms with van der Waals surface area (Å²) in [7, 11) is 0. The van der Waals surface area contributed by atoms with Gasteiger partial charge >= 0.3 is 0 Å². The second-order valence-corrected chi connectivity index (χ2v) is 6.50. The number of anilines is 1. The SMILES string of the molecule is O=C(Nc1ccccn1)[C@H](Cc1ccccc1)N1Cc2ccccc2C1=O. The largest absolute Gasteiger partial charge is 0.322 e.